The van der Waals surface area contributed by atoms with E-state index in [2.05, 4.69) is 21.4 Å². The lowest BCUT2D eigenvalue weighted by atomic mass is 9.86. The Morgan fingerprint density at radius 3 is 2.71 bits per heavy atom. The fourth-order valence-corrected chi connectivity index (χ4v) is 4.26. The van der Waals surface area contributed by atoms with Crippen molar-refractivity contribution in [3.8, 4) is 6.07 Å². The second-order valence-electron chi connectivity index (χ2n) is 8.04. The average molecular weight is 425 g/mol. The number of primary amides is 1. The largest absolute Gasteiger partial charge is 0.366 e. The number of hydrogen-bond donors (Lipinski definition) is 3. The van der Waals surface area contributed by atoms with Gasteiger partial charge in [-0.3, -0.25) is 4.79 Å². The van der Waals surface area contributed by atoms with Crippen LogP contribution in [-0.2, 0) is 0 Å². The average Bonchev–Trinajstić information content (AvgIpc) is 3.00. The number of nitriles is 1. The van der Waals surface area contributed by atoms with Crippen LogP contribution in [0.5, 0.6) is 0 Å². The van der Waals surface area contributed by atoms with Crippen molar-refractivity contribution in [2.24, 2.45) is 11.7 Å². The highest BCUT2D eigenvalue weighted by Crippen LogP contribution is 2.41. The molecule has 4 N–H and O–H groups in total. The van der Waals surface area contributed by atoms with Crippen LogP contribution in [0.3, 0.4) is 0 Å². The molecule has 1 fully saturated rings. The maximum atomic E-state index is 14.2. The Morgan fingerprint density at radius 2 is 2.06 bits per heavy atom. The molecule has 9 nitrogen and oxygen atoms in total. The summed E-state index contributed by atoms with van der Waals surface area (Å²) in [5, 5.41) is 23.0. The van der Waals surface area contributed by atoms with Crippen molar-refractivity contribution in [1.29, 1.82) is 5.26 Å². The summed E-state index contributed by atoms with van der Waals surface area (Å²) in [5.41, 5.74) is 6.74. The lowest BCUT2D eigenvalue weighted by Gasteiger charge is -2.36. The molecule has 0 radical (unpaired) electrons. The van der Waals surface area contributed by atoms with Gasteiger partial charge in [-0.25, -0.2) is 9.37 Å². The maximum absolute atomic E-state index is 14.2. The van der Waals surface area contributed by atoms with E-state index < -0.39 is 18.1 Å². The number of aryl methyl sites for hydroxylation is 1. The Morgan fingerprint density at radius 1 is 1.35 bits per heavy atom. The van der Waals surface area contributed by atoms with E-state index in [1.807, 2.05) is 4.90 Å². The Hall–Kier alpha value is -3.45. The van der Waals surface area contributed by atoms with Gasteiger partial charge in [-0.15, -0.1) is 0 Å². The zero-order valence-corrected chi connectivity index (χ0v) is 17.3. The summed E-state index contributed by atoms with van der Waals surface area (Å²) in [7, 11) is 1.77. The van der Waals surface area contributed by atoms with Gasteiger partial charge in [0.05, 0.1) is 17.8 Å². The molecule has 2 aromatic rings. The molecule has 1 aliphatic heterocycles. The quantitative estimate of drug-likeness (QED) is 0.680. The molecule has 1 aliphatic carbocycles. The van der Waals surface area contributed by atoms with Crippen molar-refractivity contribution in [3.63, 3.8) is 0 Å². The van der Waals surface area contributed by atoms with Crippen molar-refractivity contribution in [3.05, 3.63) is 35.3 Å². The predicted octanol–water partition coefficient (Wildman–Crippen LogP) is 2.38. The number of hydrogen-bond acceptors (Lipinski definition) is 8. The molecule has 0 spiro atoms. The number of nitrogens with two attached hydrogens (primary N) is 1. The Kier molecular flexibility index (Phi) is 5.37. The molecular weight excluding hydrogens is 401 g/mol. The number of nitrogens with zero attached hydrogens (tertiary/aromatic N) is 5. The zero-order valence-electron chi connectivity index (χ0n) is 17.3. The summed E-state index contributed by atoms with van der Waals surface area (Å²) in [6.45, 7) is 1.72. The molecule has 10 heteroatoms. The van der Waals surface area contributed by atoms with Crippen molar-refractivity contribution < 1.29 is 14.3 Å². The second-order valence-corrected chi connectivity index (χ2v) is 8.04. The van der Waals surface area contributed by atoms with Gasteiger partial charge in [0.25, 0.3) is 5.91 Å². The fourth-order valence-electron chi connectivity index (χ4n) is 4.26. The van der Waals surface area contributed by atoms with Crippen LogP contribution in [0.25, 0.3) is 0 Å². The molecule has 1 aromatic heterocycles. The third-order valence-corrected chi connectivity index (χ3v) is 6.07. The highest BCUT2D eigenvalue weighted by atomic mass is 19.1. The molecule has 0 bridgehead atoms. The number of carbonyl (C=O) groups is 1. The first-order valence-corrected chi connectivity index (χ1v) is 10.1. The van der Waals surface area contributed by atoms with Crippen molar-refractivity contribution >= 4 is 29.0 Å². The van der Waals surface area contributed by atoms with E-state index in [1.165, 1.54) is 12.1 Å². The maximum Gasteiger partial charge on any atom is 0.251 e. The van der Waals surface area contributed by atoms with E-state index in [0.29, 0.717) is 22.8 Å². The number of halogens is 1. The molecule has 0 saturated heterocycles. The van der Waals surface area contributed by atoms with Crippen LogP contribution in [0.1, 0.15) is 41.6 Å². The summed E-state index contributed by atoms with van der Waals surface area (Å²) in [6, 6.07) is 4.95. The molecule has 1 saturated carbocycles. The molecule has 162 valence electrons. The van der Waals surface area contributed by atoms with E-state index in [9.17, 15) is 14.3 Å². The topological polar surface area (TPSA) is 131 Å². The lowest BCUT2D eigenvalue weighted by molar-refractivity contribution is 0.0996. The first-order valence-electron chi connectivity index (χ1n) is 10.1. The minimum absolute atomic E-state index is 0.0528. The van der Waals surface area contributed by atoms with Gasteiger partial charge in [-0.1, -0.05) is 0 Å². The van der Waals surface area contributed by atoms with Gasteiger partial charge in [0, 0.05) is 24.7 Å². The molecule has 1 amide bonds. The van der Waals surface area contributed by atoms with Crippen LogP contribution >= 0.6 is 0 Å². The van der Waals surface area contributed by atoms with Crippen LogP contribution in [0.2, 0.25) is 0 Å². The Bertz CT molecular complexity index is 1060. The van der Waals surface area contributed by atoms with Gasteiger partial charge in [0.2, 0.25) is 12.3 Å². The second kappa shape index (κ2) is 8.00. The number of nitrogens with one attached hydrogen (secondary N) is 1. The van der Waals surface area contributed by atoms with E-state index in [0.717, 1.165) is 25.7 Å². The lowest BCUT2D eigenvalue weighted by Crippen LogP contribution is -2.48. The first kappa shape index (κ1) is 20.8. The van der Waals surface area contributed by atoms with Gasteiger partial charge in [0.1, 0.15) is 11.5 Å². The third kappa shape index (κ3) is 3.72. The van der Waals surface area contributed by atoms with Gasteiger partial charge in [0.15, 0.2) is 5.82 Å². The van der Waals surface area contributed by atoms with Crippen LogP contribution in [0, 0.1) is 30.0 Å². The number of aliphatic hydroxyl groups is 1. The number of aliphatic hydroxyl groups excluding tert-OH is 1. The third-order valence-electron chi connectivity index (χ3n) is 6.07. The Labute approximate surface area is 179 Å². The summed E-state index contributed by atoms with van der Waals surface area (Å²) in [4.78, 5) is 23.8. The van der Waals surface area contributed by atoms with Crippen molar-refractivity contribution in [1.82, 2.24) is 9.97 Å². The monoisotopic (exact) mass is 425 g/mol. The molecule has 4 rings (SSSR count). The molecule has 1 atom stereocenters. The van der Waals surface area contributed by atoms with Gasteiger partial charge in [-0.05, 0) is 50.3 Å². The van der Waals surface area contributed by atoms with E-state index in [1.54, 1.807) is 25.1 Å². The van der Waals surface area contributed by atoms with E-state index >= 15 is 0 Å². The summed E-state index contributed by atoms with van der Waals surface area (Å²) in [5.74, 6) is -0.685. The first-order chi connectivity index (χ1) is 14.8. The molecule has 1 unspecified atom stereocenters. The number of fused-ring (bicyclic) bond motifs is 1. The van der Waals surface area contributed by atoms with Crippen molar-refractivity contribution in [2.45, 2.75) is 45.0 Å². The normalized spacial score (nSPS) is 22.7. The predicted molar refractivity (Wildman–Crippen MR) is 113 cm³/mol. The molecule has 2 heterocycles. The smallest absolute Gasteiger partial charge is 0.251 e. The number of rotatable bonds is 4. The highest BCUT2D eigenvalue weighted by Gasteiger charge is 2.40. The number of amides is 1. The highest BCUT2D eigenvalue weighted by molar-refractivity contribution is 5.94. The van der Waals surface area contributed by atoms with Gasteiger partial charge in [-0.2, -0.15) is 10.2 Å². The fraction of sp³-hybridized carbons (Fsp3) is 0.429. The molecular formula is C21H24FN7O2. The molecule has 31 heavy (non-hydrogen) atoms. The molecule has 1 aromatic carbocycles. The number of aromatic nitrogens is 2. The summed E-state index contributed by atoms with van der Waals surface area (Å²) >= 11 is 0. The minimum Gasteiger partial charge on any atom is -0.366 e. The standard InChI is InChI=1S/C21H24FN7O2/c1-11-7-14(18(24)30)15(22)8-16(11)26-20-25-10-17-19(27-20)29(21(31)28(17)2)13-5-3-12(9-23)4-6-13/h7-8,10,12-13,21,31H,3-6H2,1-2H3,(H2,24,30)(H,25,26,27). The van der Waals surface area contributed by atoms with Crippen LogP contribution in [-0.4, -0.2) is 40.4 Å². The number of anilines is 4. The molecule has 2 aliphatic rings. The number of benzene rings is 1. The van der Waals surface area contributed by atoms with Crippen LogP contribution in [0.4, 0.5) is 27.5 Å². The van der Waals surface area contributed by atoms with Crippen molar-refractivity contribution in [2.75, 3.05) is 22.2 Å². The van der Waals surface area contributed by atoms with Gasteiger partial charge < -0.3 is 26.0 Å². The van der Waals surface area contributed by atoms with E-state index in [-0.39, 0.29) is 23.5 Å². The summed E-state index contributed by atoms with van der Waals surface area (Å²) in [6.07, 6.45) is 3.87. The zero-order chi connectivity index (χ0) is 22.3. The summed E-state index contributed by atoms with van der Waals surface area (Å²) < 4.78 is 14.2. The van der Waals surface area contributed by atoms with E-state index in [4.69, 9.17) is 11.0 Å². The Balaban J connectivity index is 1.62. The van der Waals surface area contributed by atoms with Crippen LogP contribution < -0.4 is 20.9 Å². The van der Waals surface area contributed by atoms with Crippen LogP contribution in [0.15, 0.2) is 18.3 Å². The van der Waals surface area contributed by atoms with Gasteiger partial charge >= 0.3 is 0 Å². The minimum atomic E-state index is -0.878. The SMILES string of the molecule is Cc1cc(C(N)=O)c(F)cc1Nc1ncc2c(n1)N(C1CCC(C#N)CC1)C(O)N2C. The number of carbonyl (C=O) groups excluding carboxylic acids is 1.